The van der Waals surface area contributed by atoms with Crippen molar-refractivity contribution in [3.63, 3.8) is 0 Å². The van der Waals surface area contributed by atoms with Crippen molar-refractivity contribution in [1.82, 2.24) is 0 Å². The zero-order chi connectivity index (χ0) is 12.3. The molecule has 4 heteroatoms. The van der Waals surface area contributed by atoms with Crippen LogP contribution in [0, 0.1) is 0 Å². The van der Waals surface area contributed by atoms with Crippen LogP contribution in [0.3, 0.4) is 0 Å². The van der Waals surface area contributed by atoms with Gasteiger partial charge in [-0.1, -0.05) is 34.1 Å². The number of alkyl halides is 1. The highest BCUT2D eigenvalue weighted by atomic mass is 79.9. The van der Waals surface area contributed by atoms with Gasteiger partial charge in [0.1, 0.15) is 16.9 Å². The first-order valence-electron chi connectivity index (χ1n) is 5.42. The summed E-state index contributed by atoms with van der Waals surface area (Å²) in [4.78, 5) is 11.8. The molecule has 0 saturated carbocycles. The van der Waals surface area contributed by atoms with Crippen LogP contribution in [0.2, 0.25) is 0 Å². The molecule has 1 heterocycles. The molecule has 2 aromatic rings. The van der Waals surface area contributed by atoms with E-state index in [2.05, 4.69) is 15.9 Å². The number of hydrogen-bond acceptors (Lipinski definition) is 3. The molecule has 0 aliphatic carbocycles. The summed E-state index contributed by atoms with van der Waals surface area (Å²) in [5.74, 6) is 0.372. The predicted molar refractivity (Wildman–Crippen MR) is 69.7 cm³/mol. The van der Waals surface area contributed by atoms with Gasteiger partial charge in [0, 0.05) is 17.1 Å². The Hall–Kier alpha value is -1.29. The second kappa shape index (κ2) is 5.36. The van der Waals surface area contributed by atoms with Crippen LogP contribution in [0.1, 0.15) is 22.5 Å². The van der Waals surface area contributed by atoms with Crippen LogP contribution in [0.15, 0.2) is 28.7 Å². The van der Waals surface area contributed by atoms with E-state index >= 15 is 0 Å². The number of carbonyl (C=O) groups excluding carboxylic acids is 1. The Balaban J connectivity index is 2.52. The molecule has 0 aliphatic rings. The van der Waals surface area contributed by atoms with Crippen LogP contribution in [-0.4, -0.2) is 18.4 Å². The van der Waals surface area contributed by atoms with Crippen molar-refractivity contribution >= 4 is 32.9 Å². The number of aryl methyl sites for hydroxylation is 1. The average molecular weight is 297 g/mol. The Labute approximate surface area is 108 Å². The second-order valence-electron chi connectivity index (χ2n) is 3.68. The number of benzene rings is 1. The highest BCUT2D eigenvalue weighted by molar-refractivity contribution is 9.09. The molecule has 0 N–H and O–H groups in total. The van der Waals surface area contributed by atoms with Gasteiger partial charge in [-0.2, -0.15) is 0 Å². The Morgan fingerprint density at radius 3 is 2.88 bits per heavy atom. The molecule has 1 aromatic carbocycles. The lowest BCUT2D eigenvalue weighted by atomic mass is 10.1. The Morgan fingerprint density at radius 1 is 1.41 bits per heavy atom. The van der Waals surface area contributed by atoms with E-state index in [0.29, 0.717) is 11.3 Å². The van der Waals surface area contributed by atoms with E-state index in [-0.39, 0.29) is 5.97 Å². The summed E-state index contributed by atoms with van der Waals surface area (Å²) >= 11 is 3.37. The molecule has 3 nitrogen and oxygen atoms in total. The van der Waals surface area contributed by atoms with Gasteiger partial charge in [0.25, 0.3) is 0 Å². The number of ether oxygens (including phenoxy) is 1. The second-order valence-corrected chi connectivity index (χ2v) is 4.47. The molecule has 0 aliphatic heterocycles. The van der Waals surface area contributed by atoms with Crippen molar-refractivity contribution in [3.8, 4) is 0 Å². The molecule has 0 bridgehead atoms. The van der Waals surface area contributed by atoms with Gasteiger partial charge >= 0.3 is 5.97 Å². The smallest absolute Gasteiger partial charge is 0.342 e. The lowest BCUT2D eigenvalue weighted by Crippen LogP contribution is -2.03. The number of halogens is 1. The SMILES string of the molecule is COC(=O)c1c(CCCBr)oc2ccccc12. The first-order chi connectivity index (χ1) is 8.27. The third kappa shape index (κ3) is 2.36. The summed E-state index contributed by atoms with van der Waals surface area (Å²) < 4.78 is 10.5. The first kappa shape index (κ1) is 12.2. The molecular formula is C13H13BrO3. The molecular weight excluding hydrogens is 284 g/mol. The summed E-state index contributed by atoms with van der Waals surface area (Å²) in [5, 5.41) is 1.70. The lowest BCUT2D eigenvalue weighted by molar-refractivity contribution is 0.0600. The van der Waals surface area contributed by atoms with Crippen LogP contribution in [0.5, 0.6) is 0 Å². The van der Waals surface area contributed by atoms with Gasteiger partial charge in [-0.05, 0) is 12.5 Å². The summed E-state index contributed by atoms with van der Waals surface area (Å²) in [5.41, 5.74) is 1.29. The van der Waals surface area contributed by atoms with Gasteiger partial charge in [0.15, 0.2) is 0 Å². The van der Waals surface area contributed by atoms with Crippen molar-refractivity contribution < 1.29 is 13.9 Å². The minimum atomic E-state index is -0.334. The molecule has 1 aromatic heterocycles. The molecule has 90 valence electrons. The average Bonchev–Trinajstić information content (AvgIpc) is 2.73. The topological polar surface area (TPSA) is 39.4 Å². The summed E-state index contributed by atoms with van der Waals surface area (Å²) in [6.45, 7) is 0. The minimum absolute atomic E-state index is 0.334. The maximum atomic E-state index is 11.8. The zero-order valence-electron chi connectivity index (χ0n) is 9.53. The van der Waals surface area contributed by atoms with Gasteiger partial charge in [-0.25, -0.2) is 4.79 Å². The summed E-state index contributed by atoms with van der Waals surface area (Å²) in [6, 6.07) is 7.52. The number of rotatable bonds is 4. The summed E-state index contributed by atoms with van der Waals surface area (Å²) in [7, 11) is 1.39. The van der Waals surface area contributed by atoms with E-state index in [0.717, 1.165) is 29.1 Å². The van der Waals surface area contributed by atoms with E-state index in [4.69, 9.17) is 9.15 Å². The lowest BCUT2D eigenvalue weighted by Gasteiger charge is -1.99. The maximum absolute atomic E-state index is 11.8. The zero-order valence-corrected chi connectivity index (χ0v) is 11.1. The standard InChI is InChI=1S/C13H13BrO3/c1-16-13(15)12-9-5-2-3-6-10(9)17-11(12)7-4-8-14/h2-3,5-6H,4,7-8H2,1H3. The van der Waals surface area contributed by atoms with Crippen LogP contribution < -0.4 is 0 Å². The fourth-order valence-corrected chi connectivity index (χ4v) is 2.11. The van der Waals surface area contributed by atoms with E-state index in [1.807, 2.05) is 24.3 Å². The van der Waals surface area contributed by atoms with Gasteiger partial charge in [0.2, 0.25) is 0 Å². The Bertz CT molecular complexity index is 530. The van der Waals surface area contributed by atoms with E-state index in [9.17, 15) is 4.79 Å². The monoisotopic (exact) mass is 296 g/mol. The number of hydrogen-bond donors (Lipinski definition) is 0. The first-order valence-corrected chi connectivity index (χ1v) is 6.54. The van der Waals surface area contributed by atoms with Gasteiger partial charge in [0.05, 0.1) is 7.11 Å². The fourth-order valence-electron chi connectivity index (χ4n) is 1.83. The van der Waals surface area contributed by atoms with Crippen LogP contribution >= 0.6 is 15.9 Å². The minimum Gasteiger partial charge on any atom is -0.465 e. The van der Waals surface area contributed by atoms with Crippen LogP contribution in [0.4, 0.5) is 0 Å². The molecule has 0 fully saturated rings. The maximum Gasteiger partial charge on any atom is 0.342 e. The van der Waals surface area contributed by atoms with Crippen molar-refractivity contribution in [1.29, 1.82) is 0 Å². The van der Waals surface area contributed by atoms with E-state index in [1.54, 1.807) is 0 Å². The highest BCUT2D eigenvalue weighted by Gasteiger charge is 2.20. The normalized spacial score (nSPS) is 10.7. The van der Waals surface area contributed by atoms with Gasteiger partial charge < -0.3 is 9.15 Å². The van der Waals surface area contributed by atoms with Crippen LogP contribution in [-0.2, 0) is 11.2 Å². The van der Waals surface area contributed by atoms with E-state index in [1.165, 1.54) is 7.11 Å². The molecule has 0 atom stereocenters. The van der Waals surface area contributed by atoms with E-state index < -0.39 is 0 Å². The molecule has 2 rings (SSSR count). The molecule has 0 unspecified atom stereocenters. The quantitative estimate of drug-likeness (QED) is 0.640. The highest BCUT2D eigenvalue weighted by Crippen LogP contribution is 2.27. The molecule has 0 saturated heterocycles. The third-order valence-electron chi connectivity index (χ3n) is 2.60. The van der Waals surface area contributed by atoms with Crippen LogP contribution in [0.25, 0.3) is 11.0 Å². The van der Waals surface area contributed by atoms with Gasteiger partial charge in [-0.3, -0.25) is 0 Å². The molecule has 0 spiro atoms. The Morgan fingerprint density at radius 2 is 2.18 bits per heavy atom. The molecule has 0 amide bonds. The summed E-state index contributed by atoms with van der Waals surface area (Å²) in [6.07, 6.45) is 1.65. The molecule has 0 radical (unpaired) electrons. The number of furan rings is 1. The Kier molecular flexibility index (Phi) is 3.84. The van der Waals surface area contributed by atoms with Crippen molar-refractivity contribution in [3.05, 3.63) is 35.6 Å². The van der Waals surface area contributed by atoms with Crippen molar-refractivity contribution in [2.24, 2.45) is 0 Å². The van der Waals surface area contributed by atoms with Crippen molar-refractivity contribution in [2.45, 2.75) is 12.8 Å². The van der Waals surface area contributed by atoms with Crippen molar-refractivity contribution in [2.75, 3.05) is 12.4 Å². The largest absolute Gasteiger partial charge is 0.465 e. The predicted octanol–water partition coefficient (Wildman–Crippen LogP) is 3.55. The number of esters is 1. The third-order valence-corrected chi connectivity index (χ3v) is 3.16. The molecule has 17 heavy (non-hydrogen) atoms. The fraction of sp³-hybridized carbons (Fsp3) is 0.308. The number of fused-ring (bicyclic) bond motifs is 1. The number of para-hydroxylation sites is 1. The number of methoxy groups -OCH3 is 1. The number of carbonyl (C=O) groups is 1. The van der Waals surface area contributed by atoms with Gasteiger partial charge in [-0.15, -0.1) is 0 Å².